The van der Waals surface area contributed by atoms with E-state index >= 15 is 0 Å². The monoisotopic (exact) mass is 516 g/mol. The van der Waals surface area contributed by atoms with Crippen LogP contribution in [0.3, 0.4) is 0 Å². The van der Waals surface area contributed by atoms with E-state index in [0.29, 0.717) is 11.0 Å². The smallest absolute Gasteiger partial charge is 0.174 e. The second kappa shape index (κ2) is 9.20. The molecule has 1 N–H and O–H groups in total. The van der Waals surface area contributed by atoms with Crippen LogP contribution in [0.4, 0.5) is 11.4 Å². The molecular weight excluding hydrogens is 484 g/mol. The van der Waals surface area contributed by atoms with Crippen LogP contribution in [-0.4, -0.2) is 22.7 Å². The molecule has 5 rings (SSSR count). The van der Waals surface area contributed by atoms with Crippen molar-refractivity contribution < 1.29 is 0 Å². The highest BCUT2D eigenvalue weighted by molar-refractivity contribution is 7.80. The number of rotatable bonds is 4. The molecule has 36 heavy (non-hydrogen) atoms. The molecule has 6 heteroatoms. The van der Waals surface area contributed by atoms with Gasteiger partial charge in [-0.05, 0) is 92.0 Å². The van der Waals surface area contributed by atoms with Gasteiger partial charge in [-0.25, -0.2) is 0 Å². The van der Waals surface area contributed by atoms with E-state index in [1.807, 2.05) is 24.4 Å². The van der Waals surface area contributed by atoms with Crippen LogP contribution in [0.25, 0.3) is 5.57 Å². The number of nitrogens with one attached hydrogen (secondary N) is 1. The number of allylic oxidation sites excluding steroid dienone is 1. The fourth-order valence-electron chi connectivity index (χ4n) is 5.38. The van der Waals surface area contributed by atoms with Crippen molar-refractivity contribution in [3.8, 4) is 0 Å². The standard InChI is InChI=1S/C30H33ClN4S/c1-18(2)20-10-12-21(13-11-20)35-28(27(33-29(35)36)25-9-7-8-14-32-25)23-15-22-19(3)17-30(4,5)34(6)26(22)16-24(23)31/h7-18,27-28H,1-6H3,(H,33,36)/t27-,28-/m0/s1. The van der Waals surface area contributed by atoms with Gasteiger partial charge in [0, 0.05) is 35.2 Å². The van der Waals surface area contributed by atoms with Gasteiger partial charge in [0.25, 0.3) is 0 Å². The SMILES string of the molecule is CC1=CC(C)(C)N(C)c2cc(Cl)c([C@H]3[C@H](c4ccccn4)NC(=S)N3c3ccc(C(C)C)cc3)cc21. The topological polar surface area (TPSA) is 31.4 Å². The van der Waals surface area contributed by atoms with E-state index < -0.39 is 0 Å². The second-order valence-electron chi connectivity index (χ2n) is 10.7. The van der Waals surface area contributed by atoms with Crippen LogP contribution >= 0.6 is 23.8 Å². The van der Waals surface area contributed by atoms with Crippen LogP contribution < -0.4 is 15.1 Å². The molecule has 1 saturated heterocycles. The zero-order valence-electron chi connectivity index (χ0n) is 21.7. The molecule has 2 aliphatic heterocycles. The van der Waals surface area contributed by atoms with E-state index in [-0.39, 0.29) is 17.6 Å². The zero-order valence-corrected chi connectivity index (χ0v) is 23.3. The Balaban J connectivity index is 1.68. The summed E-state index contributed by atoms with van der Waals surface area (Å²) in [5.74, 6) is 0.464. The number of likely N-dealkylation sites (N-methyl/N-ethyl adjacent to an activating group) is 1. The average molecular weight is 517 g/mol. The summed E-state index contributed by atoms with van der Waals surface area (Å²) < 4.78 is 0. The number of hydrogen-bond acceptors (Lipinski definition) is 3. The molecule has 2 aromatic carbocycles. The molecule has 0 unspecified atom stereocenters. The molecule has 0 saturated carbocycles. The predicted octanol–water partition coefficient (Wildman–Crippen LogP) is 7.67. The third-order valence-electron chi connectivity index (χ3n) is 7.59. The van der Waals surface area contributed by atoms with Crippen LogP contribution in [0.5, 0.6) is 0 Å². The van der Waals surface area contributed by atoms with Crippen molar-refractivity contribution in [2.45, 2.75) is 58.2 Å². The molecule has 4 nitrogen and oxygen atoms in total. The average Bonchev–Trinajstić information content (AvgIpc) is 3.19. The van der Waals surface area contributed by atoms with Crippen molar-refractivity contribution >= 4 is 45.9 Å². The highest BCUT2D eigenvalue weighted by atomic mass is 35.5. The van der Waals surface area contributed by atoms with E-state index in [1.54, 1.807) is 0 Å². The number of benzene rings is 2. The Bertz CT molecular complexity index is 1330. The Morgan fingerprint density at radius 3 is 2.44 bits per heavy atom. The van der Waals surface area contributed by atoms with E-state index in [2.05, 4.69) is 104 Å². The Morgan fingerprint density at radius 1 is 1.08 bits per heavy atom. The fraction of sp³-hybridized carbons (Fsp3) is 0.333. The van der Waals surface area contributed by atoms with Gasteiger partial charge in [-0.2, -0.15) is 0 Å². The van der Waals surface area contributed by atoms with E-state index in [0.717, 1.165) is 27.7 Å². The first kappa shape index (κ1) is 24.8. The van der Waals surface area contributed by atoms with Crippen molar-refractivity contribution in [1.29, 1.82) is 0 Å². The largest absolute Gasteiger partial charge is 0.365 e. The van der Waals surface area contributed by atoms with Gasteiger partial charge in [0.1, 0.15) is 0 Å². The summed E-state index contributed by atoms with van der Waals surface area (Å²) in [6.07, 6.45) is 4.15. The van der Waals surface area contributed by atoms with Crippen LogP contribution in [0, 0.1) is 0 Å². The van der Waals surface area contributed by atoms with Gasteiger partial charge < -0.3 is 15.1 Å². The molecule has 0 amide bonds. The molecule has 1 fully saturated rings. The van der Waals surface area contributed by atoms with Crippen LogP contribution in [0.15, 0.2) is 66.9 Å². The first-order valence-corrected chi connectivity index (χ1v) is 13.2. The van der Waals surface area contributed by atoms with Crippen LogP contribution in [0.1, 0.15) is 75.0 Å². The highest BCUT2D eigenvalue weighted by Crippen LogP contribution is 2.47. The maximum atomic E-state index is 7.10. The summed E-state index contributed by atoms with van der Waals surface area (Å²) in [7, 11) is 2.13. The number of thiocarbonyl (C=S) groups is 1. The first-order valence-electron chi connectivity index (χ1n) is 12.5. The molecule has 2 aliphatic rings. The molecule has 186 valence electrons. The summed E-state index contributed by atoms with van der Waals surface area (Å²) in [5, 5.41) is 4.96. The molecule has 2 atom stereocenters. The summed E-state index contributed by atoms with van der Waals surface area (Å²) >= 11 is 13.0. The summed E-state index contributed by atoms with van der Waals surface area (Å²) in [6.45, 7) is 11.0. The quantitative estimate of drug-likeness (QED) is 0.359. The number of nitrogens with zero attached hydrogens (tertiary/aromatic N) is 3. The van der Waals surface area contributed by atoms with Gasteiger partial charge in [-0.1, -0.05) is 49.7 Å². The van der Waals surface area contributed by atoms with Gasteiger partial charge in [-0.15, -0.1) is 0 Å². The third kappa shape index (κ3) is 4.18. The lowest BCUT2D eigenvalue weighted by atomic mass is 9.86. The Kier molecular flexibility index (Phi) is 6.34. The second-order valence-corrected chi connectivity index (χ2v) is 11.5. The van der Waals surface area contributed by atoms with Gasteiger partial charge >= 0.3 is 0 Å². The van der Waals surface area contributed by atoms with Gasteiger partial charge in [0.2, 0.25) is 0 Å². The zero-order chi connectivity index (χ0) is 25.8. The number of aromatic nitrogens is 1. The minimum atomic E-state index is -0.150. The summed E-state index contributed by atoms with van der Waals surface area (Å²) in [4.78, 5) is 9.18. The predicted molar refractivity (Wildman–Crippen MR) is 156 cm³/mol. The van der Waals surface area contributed by atoms with Gasteiger partial charge in [-0.3, -0.25) is 4.98 Å². The van der Waals surface area contributed by atoms with E-state index in [9.17, 15) is 0 Å². The fourth-order valence-corrected chi connectivity index (χ4v) is 6.00. The van der Waals surface area contributed by atoms with Crippen molar-refractivity contribution in [1.82, 2.24) is 10.3 Å². The Labute approximate surface area is 225 Å². The molecule has 0 bridgehead atoms. The summed E-state index contributed by atoms with van der Waals surface area (Å²) in [6, 6.07) is 18.8. The van der Waals surface area contributed by atoms with Crippen molar-refractivity contribution in [2.24, 2.45) is 0 Å². The maximum absolute atomic E-state index is 7.10. The molecule has 3 aromatic rings. The number of halogens is 1. The van der Waals surface area contributed by atoms with E-state index in [1.165, 1.54) is 16.7 Å². The third-order valence-corrected chi connectivity index (χ3v) is 8.23. The number of anilines is 2. The lowest BCUT2D eigenvalue weighted by Gasteiger charge is -2.41. The summed E-state index contributed by atoms with van der Waals surface area (Å²) in [5.41, 5.74) is 7.82. The normalized spacial score (nSPS) is 20.9. The molecule has 0 aliphatic carbocycles. The van der Waals surface area contributed by atoms with Gasteiger partial charge in [0.15, 0.2) is 5.11 Å². The Morgan fingerprint density at radius 2 is 1.81 bits per heavy atom. The number of hydrogen-bond donors (Lipinski definition) is 1. The maximum Gasteiger partial charge on any atom is 0.174 e. The van der Waals surface area contributed by atoms with Crippen molar-refractivity contribution in [2.75, 3.05) is 16.8 Å². The number of pyridine rings is 1. The van der Waals surface area contributed by atoms with Crippen molar-refractivity contribution in [3.63, 3.8) is 0 Å². The molecule has 0 radical (unpaired) electrons. The first-order chi connectivity index (χ1) is 17.1. The Hall–Kier alpha value is -2.89. The van der Waals surface area contributed by atoms with E-state index in [4.69, 9.17) is 23.8 Å². The highest BCUT2D eigenvalue weighted by Gasteiger charge is 2.42. The lowest BCUT2D eigenvalue weighted by molar-refractivity contribution is 0.567. The number of fused-ring (bicyclic) bond motifs is 1. The lowest BCUT2D eigenvalue weighted by Crippen LogP contribution is -2.42. The van der Waals surface area contributed by atoms with Crippen LogP contribution in [-0.2, 0) is 0 Å². The molecular formula is C30H33ClN4S. The van der Waals surface area contributed by atoms with Crippen molar-refractivity contribution in [3.05, 3.63) is 94.3 Å². The molecule has 1 aromatic heterocycles. The molecule has 3 heterocycles. The van der Waals surface area contributed by atoms with Gasteiger partial charge in [0.05, 0.1) is 23.3 Å². The minimum absolute atomic E-state index is 0.0842. The minimum Gasteiger partial charge on any atom is -0.365 e. The molecule has 0 spiro atoms. The van der Waals surface area contributed by atoms with Crippen LogP contribution in [0.2, 0.25) is 5.02 Å².